The van der Waals surface area contributed by atoms with Crippen LogP contribution in [-0.4, -0.2) is 24.7 Å². The van der Waals surface area contributed by atoms with Crippen LogP contribution < -0.4 is 5.69 Å². The summed E-state index contributed by atoms with van der Waals surface area (Å²) < 4.78 is 1.60. The summed E-state index contributed by atoms with van der Waals surface area (Å²) in [4.78, 5) is 23.5. The van der Waals surface area contributed by atoms with Gasteiger partial charge in [-0.15, -0.1) is 0 Å². The highest BCUT2D eigenvalue weighted by molar-refractivity contribution is 5.24. The molecule has 6 nitrogen and oxygen atoms in total. The van der Waals surface area contributed by atoms with Gasteiger partial charge in [0.05, 0.1) is 0 Å². The molecule has 0 atom stereocenters. The largest absolute Gasteiger partial charge is 0.361 e. The fraction of sp³-hybridized carbons (Fsp3) is 0.400. The summed E-state index contributed by atoms with van der Waals surface area (Å²) in [6.45, 7) is 5.64. The van der Waals surface area contributed by atoms with Gasteiger partial charge in [-0.2, -0.15) is 4.98 Å². The lowest BCUT2D eigenvalue weighted by atomic mass is 10.4. The van der Waals surface area contributed by atoms with E-state index in [1.807, 2.05) is 26.8 Å². The monoisotopic (exact) mass is 219 g/mol. The molecule has 1 N–H and O–H groups in total. The van der Waals surface area contributed by atoms with E-state index in [1.54, 1.807) is 4.68 Å². The lowest BCUT2D eigenvalue weighted by molar-refractivity contribution is 0.761. The SMILES string of the molecule is CCc1nc(=O)[nH]n1-c1cc(C)nc(C)n1. The van der Waals surface area contributed by atoms with Crippen LogP contribution in [0.25, 0.3) is 5.82 Å². The average molecular weight is 219 g/mol. The van der Waals surface area contributed by atoms with E-state index in [2.05, 4.69) is 20.1 Å². The molecule has 0 radical (unpaired) electrons. The Bertz CT molecular complexity index is 549. The molecule has 0 bridgehead atoms. The zero-order valence-electron chi connectivity index (χ0n) is 9.48. The highest BCUT2D eigenvalue weighted by Gasteiger charge is 2.08. The lowest BCUT2D eigenvalue weighted by Gasteiger charge is -2.05. The Morgan fingerprint density at radius 2 is 2.06 bits per heavy atom. The third-order valence-corrected chi connectivity index (χ3v) is 2.19. The number of hydrogen-bond donors (Lipinski definition) is 1. The normalized spacial score (nSPS) is 10.7. The molecular weight excluding hydrogens is 206 g/mol. The van der Waals surface area contributed by atoms with E-state index in [4.69, 9.17) is 0 Å². The summed E-state index contributed by atoms with van der Waals surface area (Å²) in [5, 5.41) is 2.63. The topological polar surface area (TPSA) is 76.5 Å². The van der Waals surface area contributed by atoms with Gasteiger partial charge in [-0.1, -0.05) is 6.92 Å². The van der Waals surface area contributed by atoms with E-state index in [1.165, 1.54) is 0 Å². The van der Waals surface area contributed by atoms with Gasteiger partial charge in [-0.05, 0) is 13.8 Å². The van der Waals surface area contributed by atoms with Gasteiger partial charge in [-0.25, -0.2) is 24.5 Å². The zero-order valence-corrected chi connectivity index (χ0v) is 9.48. The van der Waals surface area contributed by atoms with Crippen molar-refractivity contribution in [3.8, 4) is 5.82 Å². The summed E-state index contributed by atoms with van der Waals surface area (Å²) in [6.07, 6.45) is 0.667. The fourth-order valence-electron chi connectivity index (χ4n) is 1.59. The summed E-state index contributed by atoms with van der Waals surface area (Å²) in [7, 11) is 0. The highest BCUT2D eigenvalue weighted by Crippen LogP contribution is 2.06. The average Bonchev–Trinajstić information content (AvgIpc) is 2.58. The van der Waals surface area contributed by atoms with Crippen molar-refractivity contribution in [2.45, 2.75) is 27.2 Å². The molecule has 0 aliphatic rings. The predicted molar refractivity (Wildman–Crippen MR) is 58.6 cm³/mol. The molecule has 84 valence electrons. The van der Waals surface area contributed by atoms with Gasteiger partial charge in [0, 0.05) is 18.2 Å². The van der Waals surface area contributed by atoms with E-state index in [9.17, 15) is 4.79 Å². The van der Waals surface area contributed by atoms with E-state index in [0.29, 0.717) is 23.9 Å². The number of aryl methyl sites for hydroxylation is 3. The Labute approximate surface area is 92.4 Å². The van der Waals surface area contributed by atoms with Crippen molar-refractivity contribution in [3.63, 3.8) is 0 Å². The third kappa shape index (κ3) is 1.86. The molecule has 6 heteroatoms. The number of H-pyrrole nitrogens is 1. The van der Waals surface area contributed by atoms with Crippen molar-refractivity contribution in [3.05, 3.63) is 33.9 Å². The summed E-state index contributed by atoms with van der Waals surface area (Å²) >= 11 is 0. The van der Waals surface area contributed by atoms with Crippen molar-refractivity contribution in [2.75, 3.05) is 0 Å². The molecule has 0 fully saturated rings. The number of rotatable bonds is 2. The van der Waals surface area contributed by atoms with Crippen LogP contribution in [0.15, 0.2) is 10.9 Å². The molecule has 0 aromatic carbocycles. The maximum absolute atomic E-state index is 11.2. The second-order valence-electron chi connectivity index (χ2n) is 3.55. The van der Waals surface area contributed by atoms with Gasteiger partial charge in [0.15, 0.2) is 5.82 Å². The molecule has 2 aromatic rings. The molecular formula is C10H13N5O. The van der Waals surface area contributed by atoms with Crippen LogP contribution in [0.3, 0.4) is 0 Å². The minimum Gasteiger partial charge on any atom is -0.244 e. The molecule has 16 heavy (non-hydrogen) atoms. The quantitative estimate of drug-likeness (QED) is 0.799. The molecule has 2 heterocycles. The Morgan fingerprint density at radius 3 is 2.69 bits per heavy atom. The first-order valence-corrected chi connectivity index (χ1v) is 5.10. The van der Waals surface area contributed by atoms with Crippen LogP contribution in [-0.2, 0) is 6.42 Å². The number of hydrogen-bond acceptors (Lipinski definition) is 4. The van der Waals surface area contributed by atoms with Crippen molar-refractivity contribution < 1.29 is 0 Å². The zero-order chi connectivity index (χ0) is 11.7. The van der Waals surface area contributed by atoms with Gasteiger partial charge in [0.25, 0.3) is 0 Å². The number of nitrogens with zero attached hydrogens (tertiary/aromatic N) is 4. The van der Waals surface area contributed by atoms with Crippen molar-refractivity contribution in [1.82, 2.24) is 24.7 Å². The standard InChI is InChI=1S/C10H13N5O/c1-4-8-13-10(16)14-15(8)9-5-6(2)11-7(3)12-9/h5H,4H2,1-3H3,(H,14,16). The number of aromatic amines is 1. The predicted octanol–water partition coefficient (Wildman–Crippen LogP) is 0.530. The molecule has 0 saturated heterocycles. The van der Waals surface area contributed by atoms with E-state index in [-0.39, 0.29) is 5.69 Å². The first-order chi connectivity index (χ1) is 7.60. The summed E-state index contributed by atoms with van der Waals surface area (Å²) in [5.41, 5.74) is 0.505. The fourth-order valence-corrected chi connectivity index (χ4v) is 1.59. The summed E-state index contributed by atoms with van der Waals surface area (Å²) in [5.74, 6) is 1.99. The van der Waals surface area contributed by atoms with Gasteiger partial charge in [-0.3, -0.25) is 0 Å². The smallest absolute Gasteiger partial charge is 0.244 e. The second-order valence-corrected chi connectivity index (χ2v) is 3.55. The van der Waals surface area contributed by atoms with Crippen LogP contribution in [0, 0.1) is 13.8 Å². The number of nitrogens with one attached hydrogen (secondary N) is 1. The Morgan fingerprint density at radius 1 is 1.31 bits per heavy atom. The van der Waals surface area contributed by atoms with Gasteiger partial charge < -0.3 is 0 Å². The Balaban J connectivity index is 2.61. The first kappa shape index (κ1) is 10.5. The van der Waals surface area contributed by atoms with Crippen molar-refractivity contribution in [2.24, 2.45) is 0 Å². The molecule has 0 amide bonds. The Kier molecular flexibility index (Phi) is 2.55. The van der Waals surface area contributed by atoms with Crippen molar-refractivity contribution in [1.29, 1.82) is 0 Å². The third-order valence-electron chi connectivity index (χ3n) is 2.19. The minimum absolute atomic E-state index is 0.356. The number of aromatic nitrogens is 5. The van der Waals surface area contributed by atoms with Crippen LogP contribution in [0.2, 0.25) is 0 Å². The van der Waals surface area contributed by atoms with Crippen molar-refractivity contribution >= 4 is 0 Å². The highest BCUT2D eigenvalue weighted by atomic mass is 16.1. The van der Waals surface area contributed by atoms with Gasteiger partial charge in [0.1, 0.15) is 11.6 Å². The maximum atomic E-state index is 11.2. The van der Waals surface area contributed by atoms with Crippen LogP contribution in [0.1, 0.15) is 24.3 Å². The van der Waals surface area contributed by atoms with Crippen LogP contribution in [0.5, 0.6) is 0 Å². The summed E-state index contributed by atoms with van der Waals surface area (Å²) in [6, 6.07) is 1.81. The Hall–Kier alpha value is -1.98. The second kappa shape index (κ2) is 3.88. The molecule has 0 aliphatic carbocycles. The molecule has 0 aliphatic heterocycles. The molecule has 2 aromatic heterocycles. The van der Waals surface area contributed by atoms with Gasteiger partial charge in [0.2, 0.25) is 0 Å². The molecule has 0 unspecified atom stereocenters. The minimum atomic E-state index is -0.356. The van der Waals surface area contributed by atoms with E-state index >= 15 is 0 Å². The lowest BCUT2D eigenvalue weighted by Crippen LogP contribution is -2.09. The first-order valence-electron chi connectivity index (χ1n) is 5.10. The molecule has 0 spiro atoms. The van der Waals surface area contributed by atoms with Crippen LogP contribution >= 0.6 is 0 Å². The maximum Gasteiger partial charge on any atom is 0.361 e. The molecule has 2 rings (SSSR count). The van der Waals surface area contributed by atoms with Crippen LogP contribution in [0.4, 0.5) is 0 Å². The van der Waals surface area contributed by atoms with E-state index < -0.39 is 0 Å². The molecule has 0 saturated carbocycles. The van der Waals surface area contributed by atoms with Gasteiger partial charge >= 0.3 is 5.69 Å². The van der Waals surface area contributed by atoms with E-state index in [0.717, 1.165) is 5.69 Å².